The molecule has 0 aromatic heterocycles. The second-order valence-corrected chi connectivity index (χ2v) is 10.6. The number of ether oxygens (including phenoxy) is 1. The minimum Gasteiger partial charge on any atom is -0.462 e. The van der Waals surface area contributed by atoms with Crippen molar-refractivity contribution in [1.29, 1.82) is 0 Å². The fourth-order valence-corrected chi connectivity index (χ4v) is 5.28. The van der Waals surface area contributed by atoms with E-state index >= 15 is 0 Å². The van der Waals surface area contributed by atoms with E-state index in [-0.39, 0.29) is 30.6 Å². The lowest BCUT2D eigenvalue weighted by molar-refractivity contribution is -0.155. The Hall–Kier alpha value is -1.54. The first-order chi connectivity index (χ1) is 16.7. The molecule has 7 nitrogen and oxygen atoms in total. The Morgan fingerprint density at radius 1 is 1.09 bits per heavy atom. The van der Waals surface area contributed by atoms with Crippen molar-refractivity contribution in [1.82, 2.24) is 4.90 Å². The normalized spacial score (nSPS) is 37.3. The van der Waals surface area contributed by atoms with Gasteiger partial charge in [0, 0.05) is 17.8 Å². The number of carbonyl (C=O) groups is 2. The van der Waals surface area contributed by atoms with Crippen LogP contribution in [-0.2, 0) is 14.3 Å². The fraction of sp³-hybridized carbons (Fsp3) is 0.786. The molecule has 0 aliphatic carbocycles. The predicted molar refractivity (Wildman–Crippen MR) is 137 cm³/mol. The van der Waals surface area contributed by atoms with Gasteiger partial charge in [-0.3, -0.25) is 9.59 Å². The third kappa shape index (κ3) is 9.45. The van der Waals surface area contributed by atoms with E-state index in [0.717, 1.165) is 31.6 Å². The summed E-state index contributed by atoms with van der Waals surface area (Å²) in [6, 6.07) is 0. The van der Waals surface area contributed by atoms with Gasteiger partial charge in [0.05, 0.1) is 25.2 Å². The Morgan fingerprint density at radius 2 is 1.77 bits per heavy atom. The van der Waals surface area contributed by atoms with E-state index in [1.807, 2.05) is 26.8 Å². The summed E-state index contributed by atoms with van der Waals surface area (Å²) in [5.74, 6) is -1.95. The molecule has 0 aromatic carbocycles. The van der Waals surface area contributed by atoms with E-state index in [1.165, 1.54) is 19.3 Å². The molecule has 2 aliphatic rings. The summed E-state index contributed by atoms with van der Waals surface area (Å²) >= 11 is 0. The van der Waals surface area contributed by atoms with E-state index in [1.54, 1.807) is 19.1 Å². The number of nitrogens with zero attached hydrogens (tertiary/aromatic N) is 1. The van der Waals surface area contributed by atoms with Crippen LogP contribution in [0.25, 0.3) is 0 Å². The highest BCUT2D eigenvalue weighted by atomic mass is 16.5. The number of piperidine rings is 1. The molecule has 7 atom stereocenters. The monoisotopic (exact) mass is 493 g/mol. The molecule has 0 radical (unpaired) electrons. The number of aliphatic hydroxyl groups is 3. The lowest BCUT2D eigenvalue weighted by Gasteiger charge is -2.34. The van der Waals surface area contributed by atoms with Gasteiger partial charge in [0.2, 0.25) is 0 Å². The Labute approximate surface area is 211 Å². The van der Waals surface area contributed by atoms with Crippen molar-refractivity contribution in [3.05, 3.63) is 23.8 Å². The van der Waals surface area contributed by atoms with Crippen molar-refractivity contribution in [2.24, 2.45) is 23.7 Å². The first-order valence-electron chi connectivity index (χ1n) is 13.4. The highest BCUT2D eigenvalue weighted by Crippen LogP contribution is 2.29. The van der Waals surface area contributed by atoms with Crippen molar-refractivity contribution in [3.8, 4) is 0 Å². The molecule has 35 heavy (non-hydrogen) atoms. The van der Waals surface area contributed by atoms with E-state index in [9.17, 15) is 24.9 Å². The lowest BCUT2D eigenvalue weighted by atomic mass is 9.79. The van der Waals surface area contributed by atoms with Gasteiger partial charge in [-0.2, -0.15) is 0 Å². The number of esters is 1. The third-order valence-electron chi connectivity index (χ3n) is 7.77. The van der Waals surface area contributed by atoms with Crippen LogP contribution in [0, 0.1) is 23.7 Å². The number of rotatable bonds is 5. The second-order valence-electron chi connectivity index (χ2n) is 10.6. The molecule has 1 fully saturated rings. The Kier molecular flexibility index (Phi) is 12.6. The summed E-state index contributed by atoms with van der Waals surface area (Å²) in [4.78, 5) is 27.9. The maximum Gasteiger partial charge on any atom is 0.308 e. The van der Waals surface area contributed by atoms with E-state index < -0.39 is 36.1 Å². The number of allylic oxidation sites excluding steroid dienone is 3. The van der Waals surface area contributed by atoms with Crippen LogP contribution in [0.5, 0.6) is 0 Å². The molecule has 0 saturated carbocycles. The topological polar surface area (TPSA) is 107 Å². The number of likely N-dealkylation sites (tertiary alicyclic amines) is 1. The highest BCUT2D eigenvalue weighted by molar-refractivity contribution is 5.91. The standard InChI is InChI=1S/C28H47NO6/c1-5-26-23(18-30)15-19(2)9-10-24(31)20(3)16-22(11-14-29-12-7-6-8-13-29)28(34)21(4)25(32)17-27(33)35-26/h9-10,15,20-23,25-26,28,30,32,34H,5-8,11-14,16-18H2,1-4H3/b10-9+,19-15+. The van der Waals surface area contributed by atoms with Gasteiger partial charge in [0.25, 0.3) is 0 Å². The minimum absolute atomic E-state index is 0.00719. The van der Waals surface area contributed by atoms with Crippen molar-refractivity contribution >= 4 is 11.8 Å². The van der Waals surface area contributed by atoms with Crippen molar-refractivity contribution in [2.75, 3.05) is 26.2 Å². The van der Waals surface area contributed by atoms with Crippen molar-refractivity contribution in [3.63, 3.8) is 0 Å². The Morgan fingerprint density at radius 3 is 2.40 bits per heavy atom. The SMILES string of the molecule is CCC1OC(=O)CC(O)C(C)C(O)C(CCN2CCCCC2)CC(C)C(=O)/C=C/C(C)=C/C1CO. The average Bonchev–Trinajstić information content (AvgIpc) is 2.85. The summed E-state index contributed by atoms with van der Waals surface area (Å²) in [5, 5.41) is 31.9. The van der Waals surface area contributed by atoms with Crippen LogP contribution in [0.3, 0.4) is 0 Å². The molecule has 0 bridgehead atoms. The number of ketones is 1. The molecular formula is C28H47NO6. The lowest BCUT2D eigenvalue weighted by Crippen LogP contribution is -2.40. The van der Waals surface area contributed by atoms with Crippen LogP contribution in [0.2, 0.25) is 0 Å². The minimum atomic E-state index is -1.06. The van der Waals surface area contributed by atoms with Gasteiger partial charge in [0.1, 0.15) is 6.10 Å². The van der Waals surface area contributed by atoms with Gasteiger partial charge in [-0.15, -0.1) is 0 Å². The fourth-order valence-electron chi connectivity index (χ4n) is 5.28. The molecule has 200 valence electrons. The van der Waals surface area contributed by atoms with Crippen molar-refractivity contribution in [2.45, 2.75) is 91.0 Å². The third-order valence-corrected chi connectivity index (χ3v) is 7.77. The van der Waals surface area contributed by atoms with E-state index in [2.05, 4.69) is 4.90 Å². The van der Waals surface area contributed by atoms with Crippen LogP contribution in [0.4, 0.5) is 0 Å². The van der Waals surface area contributed by atoms with Gasteiger partial charge in [-0.25, -0.2) is 0 Å². The maximum absolute atomic E-state index is 12.9. The van der Waals surface area contributed by atoms with Crippen LogP contribution >= 0.6 is 0 Å². The molecule has 7 heteroatoms. The summed E-state index contributed by atoms with van der Waals surface area (Å²) in [6.45, 7) is 10.1. The van der Waals surface area contributed by atoms with Gasteiger partial charge in [0.15, 0.2) is 5.78 Å². The summed E-state index contributed by atoms with van der Waals surface area (Å²) in [5.41, 5.74) is 0.807. The van der Waals surface area contributed by atoms with Crippen LogP contribution < -0.4 is 0 Å². The smallest absolute Gasteiger partial charge is 0.308 e. The van der Waals surface area contributed by atoms with Crippen LogP contribution in [0.15, 0.2) is 23.8 Å². The molecular weight excluding hydrogens is 446 g/mol. The molecule has 0 amide bonds. The highest BCUT2D eigenvalue weighted by Gasteiger charge is 2.34. The van der Waals surface area contributed by atoms with E-state index in [0.29, 0.717) is 12.8 Å². The molecule has 1 saturated heterocycles. The Bertz CT molecular complexity index is 729. The number of hydrogen-bond donors (Lipinski definition) is 3. The molecule has 2 rings (SSSR count). The first kappa shape index (κ1) is 29.7. The van der Waals surface area contributed by atoms with Gasteiger partial charge in [-0.05, 0) is 70.7 Å². The largest absolute Gasteiger partial charge is 0.462 e. The molecule has 2 aliphatic heterocycles. The van der Waals surface area contributed by atoms with Crippen LogP contribution in [-0.4, -0.2) is 76.5 Å². The van der Waals surface area contributed by atoms with Gasteiger partial charge < -0.3 is 25.0 Å². The maximum atomic E-state index is 12.9. The zero-order valence-electron chi connectivity index (χ0n) is 22.1. The van der Waals surface area contributed by atoms with Crippen molar-refractivity contribution < 1.29 is 29.6 Å². The molecule has 2 heterocycles. The summed E-state index contributed by atoms with van der Waals surface area (Å²) in [7, 11) is 0. The average molecular weight is 494 g/mol. The number of aliphatic hydroxyl groups excluding tert-OH is 3. The molecule has 0 aromatic rings. The van der Waals surface area contributed by atoms with Crippen LogP contribution in [0.1, 0.15) is 72.6 Å². The molecule has 0 spiro atoms. The number of carbonyl (C=O) groups excluding carboxylic acids is 2. The predicted octanol–water partition coefficient (Wildman–Crippen LogP) is 3.27. The second kappa shape index (κ2) is 14.9. The summed E-state index contributed by atoms with van der Waals surface area (Å²) in [6.07, 6.45) is 7.86. The zero-order valence-corrected chi connectivity index (χ0v) is 22.1. The summed E-state index contributed by atoms with van der Waals surface area (Å²) < 4.78 is 5.62. The molecule has 3 N–H and O–H groups in total. The Balaban J connectivity index is 2.27. The van der Waals surface area contributed by atoms with Gasteiger partial charge >= 0.3 is 5.97 Å². The first-order valence-corrected chi connectivity index (χ1v) is 13.4. The number of cyclic esters (lactones) is 1. The number of hydrogen-bond acceptors (Lipinski definition) is 7. The van der Waals surface area contributed by atoms with Gasteiger partial charge in [-0.1, -0.05) is 44.9 Å². The zero-order chi connectivity index (χ0) is 26.0. The van der Waals surface area contributed by atoms with E-state index in [4.69, 9.17) is 4.74 Å². The quantitative estimate of drug-likeness (QED) is 0.505. The molecule has 7 unspecified atom stereocenters.